The van der Waals surface area contributed by atoms with Crippen LogP contribution < -0.4 is 0 Å². The van der Waals surface area contributed by atoms with Gasteiger partial charge in [-0.05, 0) is 26.0 Å². The first-order valence-electron chi connectivity index (χ1n) is 7.89. The van der Waals surface area contributed by atoms with Crippen LogP contribution in [0.4, 0.5) is 0 Å². The number of Topliss-reactive ketones (excluding diaryl/α,β-unsaturated/α-hetero) is 1. The van der Waals surface area contributed by atoms with Crippen molar-refractivity contribution < 1.29 is 9.53 Å². The van der Waals surface area contributed by atoms with Gasteiger partial charge in [-0.2, -0.15) is 5.10 Å². The molecule has 0 N–H and O–H groups in total. The van der Waals surface area contributed by atoms with Crippen LogP contribution in [0.25, 0.3) is 10.9 Å². The summed E-state index contributed by atoms with van der Waals surface area (Å²) in [5, 5.41) is 5.32. The fourth-order valence-electron chi connectivity index (χ4n) is 3.84. The smallest absolute Gasteiger partial charge is 0.166 e. The molecule has 1 aromatic heterocycles. The molecule has 0 aliphatic carbocycles. The van der Waals surface area contributed by atoms with E-state index >= 15 is 0 Å². The van der Waals surface area contributed by atoms with E-state index in [0.717, 1.165) is 42.5 Å². The Balaban J connectivity index is 1.61. The number of carbonyl (C=O) groups excluding carboxylic acids is 1. The number of nitrogens with zero attached hydrogens (tertiary/aromatic N) is 3. The van der Waals surface area contributed by atoms with Gasteiger partial charge < -0.3 is 4.74 Å². The predicted octanol–water partition coefficient (Wildman–Crippen LogP) is 1.87. The predicted molar refractivity (Wildman–Crippen MR) is 83.9 cm³/mol. The highest BCUT2D eigenvalue weighted by Gasteiger charge is 2.39. The maximum Gasteiger partial charge on any atom is 0.166 e. The van der Waals surface area contributed by atoms with Crippen molar-refractivity contribution in [2.75, 3.05) is 20.3 Å². The van der Waals surface area contributed by atoms with Crippen LogP contribution in [0.5, 0.6) is 0 Å². The lowest BCUT2D eigenvalue weighted by Crippen LogP contribution is -2.55. The molecule has 2 atom stereocenters. The molecule has 2 aliphatic heterocycles. The third-order valence-electron chi connectivity index (χ3n) is 5.29. The van der Waals surface area contributed by atoms with Gasteiger partial charge in [-0.1, -0.05) is 12.1 Å². The van der Waals surface area contributed by atoms with Gasteiger partial charge in [0.25, 0.3) is 0 Å². The summed E-state index contributed by atoms with van der Waals surface area (Å²) in [5.74, 6) is 0.383. The number of carbonyl (C=O) groups is 1. The SMILES string of the molecule is CN1C2COCC1CC(C(=O)c1ccc3cnn(C)c3c1)C2. The van der Waals surface area contributed by atoms with E-state index in [1.807, 2.05) is 36.1 Å². The van der Waals surface area contributed by atoms with Gasteiger partial charge in [0.15, 0.2) is 5.78 Å². The van der Waals surface area contributed by atoms with Gasteiger partial charge in [0.1, 0.15) is 0 Å². The molecule has 2 unspecified atom stereocenters. The Labute approximate surface area is 129 Å². The highest BCUT2D eigenvalue weighted by atomic mass is 16.5. The summed E-state index contributed by atoms with van der Waals surface area (Å²) in [5.41, 5.74) is 1.83. The first-order chi connectivity index (χ1) is 10.6. The van der Waals surface area contributed by atoms with Crippen LogP contribution in [0, 0.1) is 5.92 Å². The Morgan fingerprint density at radius 1 is 1.23 bits per heavy atom. The monoisotopic (exact) mass is 299 g/mol. The fourth-order valence-corrected chi connectivity index (χ4v) is 3.84. The maximum absolute atomic E-state index is 12.9. The van der Waals surface area contributed by atoms with E-state index in [-0.39, 0.29) is 11.7 Å². The topological polar surface area (TPSA) is 47.4 Å². The minimum Gasteiger partial charge on any atom is -0.378 e. The number of fused-ring (bicyclic) bond motifs is 3. The van der Waals surface area contributed by atoms with Crippen molar-refractivity contribution >= 4 is 16.7 Å². The lowest BCUT2D eigenvalue weighted by atomic mass is 9.81. The molecule has 5 heteroatoms. The van der Waals surface area contributed by atoms with Crippen LogP contribution in [-0.4, -0.2) is 52.8 Å². The number of aromatic nitrogens is 2. The second kappa shape index (κ2) is 5.18. The zero-order valence-corrected chi connectivity index (χ0v) is 13.0. The first-order valence-corrected chi connectivity index (χ1v) is 7.89. The van der Waals surface area contributed by atoms with Gasteiger partial charge in [0.05, 0.1) is 24.9 Å². The summed E-state index contributed by atoms with van der Waals surface area (Å²) < 4.78 is 7.46. The molecule has 4 rings (SSSR count). The minimum absolute atomic E-state index is 0.112. The summed E-state index contributed by atoms with van der Waals surface area (Å²) in [6.45, 7) is 1.50. The number of ether oxygens (including phenoxy) is 1. The third kappa shape index (κ3) is 2.16. The Morgan fingerprint density at radius 3 is 2.68 bits per heavy atom. The van der Waals surface area contributed by atoms with E-state index < -0.39 is 0 Å². The van der Waals surface area contributed by atoms with Gasteiger partial charge in [0, 0.05) is 36.0 Å². The number of hydrogen-bond acceptors (Lipinski definition) is 4. The molecule has 0 amide bonds. The second-order valence-corrected chi connectivity index (χ2v) is 6.58. The number of likely N-dealkylation sites (N-methyl/N-ethyl adjacent to an activating group) is 1. The number of aryl methyl sites for hydroxylation is 1. The van der Waals surface area contributed by atoms with Crippen molar-refractivity contribution in [3.05, 3.63) is 30.0 Å². The van der Waals surface area contributed by atoms with E-state index in [0.29, 0.717) is 12.1 Å². The quantitative estimate of drug-likeness (QED) is 0.794. The molecule has 1 aromatic carbocycles. The fraction of sp³-hybridized carbons (Fsp3) is 0.529. The zero-order valence-electron chi connectivity index (χ0n) is 13.0. The highest BCUT2D eigenvalue weighted by molar-refractivity contribution is 6.00. The second-order valence-electron chi connectivity index (χ2n) is 6.58. The molecule has 0 saturated carbocycles. The van der Waals surface area contributed by atoms with Crippen LogP contribution in [0.2, 0.25) is 0 Å². The van der Waals surface area contributed by atoms with E-state index in [2.05, 4.69) is 17.0 Å². The summed E-state index contributed by atoms with van der Waals surface area (Å²) in [6.07, 6.45) is 3.63. The molecule has 3 heterocycles. The minimum atomic E-state index is 0.112. The third-order valence-corrected chi connectivity index (χ3v) is 5.29. The summed E-state index contributed by atoms with van der Waals surface area (Å²) in [7, 11) is 4.06. The van der Waals surface area contributed by atoms with Crippen molar-refractivity contribution in [1.29, 1.82) is 0 Å². The first kappa shape index (κ1) is 13.9. The Morgan fingerprint density at radius 2 is 1.95 bits per heavy atom. The highest BCUT2D eigenvalue weighted by Crippen LogP contribution is 2.32. The van der Waals surface area contributed by atoms with Gasteiger partial charge in [-0.3, -0.25) is 14.4 Å². The molecule has 22 heavy (non-hydrogen) atoms. The molecule has 0 radical (unpaired) electrons. The molecule has 2 fully saturated rings. The average Bonchev–Trinajstić information content (AvgIpc) is 2.87. The lowest BCUT2D eigenvalue weighted by molar-refractivity contribution is -0.0702. The van der Waals surface area contributed by atoms with Gasteiger partial charge in [-0.25, -0.2) is 0 Å². The van der Waals surface area contributed by atoms with Crippen LogP contribution in [0.15, 0.2) is 24.4 Å². The summed E-state index contributed by atoms with van der Waals surface area (Å²) in [4.78, 5) is 15.3. The standard InChI is InChI=1S/C17H21N3O2/c1-19-14-5-13(6-15(19)10-22-9-14)17(21)11-3-4-12-8-18-20(2)16(12)7-11/h3-4,7-8,13-15H,5-6,9-10H2,1-2H3. The Hall–Kier alpha value is -1.72. The molecule has 2 aromatic rings. The number of morpholine rings is 1. The molecule has 2 saturated heterocycles. The normalized spacial score (nSPS) is 28.9. The van der Waals surface area contributed by atoms with Crippen molar-refractivity contribution in [2.45, 2.75) is 24.9 Å². The maximum atomic E-state index is 12.9. The molecular formula is C17H21N3O2. The van der Waals surface area contributed by atoms with Crippen molar-refractivity contribution in [3.63, 3.8) is 0 Å². The Bertz CT molecular complexity index is 710. The summed E-state index contributed by atoms with van der Waals surface area (Å²) >= 11 is 0. The van der Waals surface area contributed by atoms with E-state index in [1.54, 1.807) is 0 Å². The number of ketones is 1. The summed E-state index contributed by atoms with van der Waals surface area (Å²) in [6, 6.07) is 6.67. The molecule has 116 valence electrons. The molecule has 2 bridgehead atoms. The van der Waals surface area contributed by atoms with Gasteiger partial charge in [-0.15, -0.1) is 0 Å². The van der Waals surface area contributed by atoms with Gasteiger partial charge in [0.2, 0.25) is 0 Å². The van der Waals surface area contributed by atoms with Crippen LogP contribution in [-0.2, 0) is 11.8 Å². The number of rotatable bonds is 2. The van der Waals surface area contributed by atoms with Gasteiger partial charge >= 0.3 is 0 Å². The van der Waals surface area contributed by atoms with Crippen molar-refractivity contribution in [2.24, 2.45) is 13.0 Å². The molecular weight excluding hydrogens is 278 g/mol. The van der Waals surface area contributed by atoms with Crippen molar-refractivity contribution in [3.8, 4) is 0 Å². The molecule has 0 spiro atoms. The van der Waals surface area contributed by atoms with E-state index in [1.165, 1.54) is 0 Å². The number of hydrogen-bond donors (Lipinski definition) is 0. The van der Waals surface area contributed by atoms with Crippen LogP contribution in [0.3, 0.4) is 0 Å². The molecule has 2 aliphatic rings. The zero-order chi connectivity index (χ0) is 15.3. The van der Waals surface area contributed by atoms with Crippen LogP contribution >= 0.6 is 0 Å². The number of benzene rings is 1. The van der Waals surface area contributed by atoms with E-state index in [9.17, 15) is 4.79 Å². The van der Waals surface area contributed by atoms with Crippen LogP contribution in [0.1, 0.15) is 23.2 Å². The lowest BCUT2D eigenvalue weighted by Gasteiger charge is -2.46. The largest absolute Gasteiger partial charge is 0.378 e. The number of piperidine rings is 1. The molecule has 5 nitrogen and oxygen atoms in total. The average molecular weight is 299 g/mol. The van der Waals surface area contributed by atoms with E-state index in [4.69, 9.17) is 4.74 Å². The Kier molecular flexibility index (Phi) is 3.27. The van der Waals surface area contributed by atoms with Crippen molar-refractivity contribution in [1.82, 2.24) is 14.7 Å².